The number of amides is 1. The largest absolute Gasteiger partial charge is 0.484 e. The molecule has 2 aromatic carbocycles. The Labute approximate surface area is 179 Å². The van der Waals surface area contributed by atoms with Gasteiger partial charge in [0.15, 0.2) is 6.61 Å². The zero-order valence-corrected chi connectivity index (χ0v) is 17.5. The van der Waals surface area contributed by atoms with Crippen molar-refractivity contribution >= 4 is 28.5 Å². The monoisotopic (exact) mass is 426 g/mol. The number of benzene rings is 2. The number of fused-ring (bicyclic) bond motifs is 1. The van der Waals surface area contributed by atoms with Crippen molar-refractivity contribution < 1.29 is 13.9 Å². The summed E-state index contributed by atoms with van der Waals surface area (Å²) in [6.45, 7) is 5.56. The van der Waals surface area contributed by atoms with Gasteiger partial charge in [0, 0.05) is 55.3 Å². The summed E-state index contributed by atoms with van der Waals surface area (Å²) in [7, 11) is 0. The Hall–Kier alpha value is -2.83. The summed E-state index contributed by atoms with van der Waals surface area (Å²) in [6.07, 6.45) is 0. The predicted octanol–water partition coefficient (Wildman–Crippen LogP) is 3.48. The molecule has 2 heterocycles. The molecule has 0 spiro atoms. The van der Waals surface area contributed by atoms with Crippen LogP contribution in [0.5, 0.6) is 5.75 Å². The molecule has 1 aliphatic rings. The highest BCUT2D eigenvalue weighted by Gasteiger charge is 2.21. The minimum atomic E-state index is -0.399. The highest BCUT2D eigenvalue weighted by atomic mass is 35.5. The van der Waals surface area contributed by atoms with Crippen LogP contribution in [0.2, 0.25) is 5.02 Å². The fourth-order valence-corrected chi connectivity index (χ4v) is 3.89. The van der Waals surface area contributed by atoms with Crippen LogP contribution in [0, 0.1) is 6.92 Å². The van der Waals surface area contributed by atoms with E-state index >= 15 is 0 Å². The van der Waals surface area contributed by atoms with Gasteiger partial charge in [0.1, 0.15) is 11.3 Å². The SMILES string of the molecule is Cc1cc(=O)oc2cc(OCC(=O)N3CCN(Cc4cccc(Cl)c4)CC3)ccc12. The lowest BCUT2D eigenvalue weighted by atomic mass is 10.1. The molecule has 0 aliphatic carbocycles. The molecule has 1 amide bonds. The molecule has 1 aromatic heterocycles. The van der Waals surface area contributed by atoms with Gasteiger partial charge in [-0.3, -0.25) is 9.69 Å². The summed E-state index contributed by atoms with van der Waals surface area (Å²) >= 11 is 6.05. The summed E-state index contributed by atoms with van der Waals surface area (Å²) in [5.41, 5.74) is 2.08. The molecule has 30 heavy (non-hydrogen) atoms. The molecule has 3 aromatic rings. The maximum absolute atomic E-state index is 12.5. The lowest BCUT2D eigenvalue weighted by Crippen LogP contribution is -2.49. The Morgan fingerprint density at radius 3 is 2.67 bits per heavy atom. The van der Waals surface area contributed by atoms with Crippen molar-refractivity contribution in [2.45, 2.75) is 13.5 Å². The van der Waals surface area contributed by atoms with Gasteiger partial charge in [-0.2, -0.15) is 0 Å². The molecule has 156 valence electrons. The Balaban J connectivity index is 1.30. The molecule has 1 fully saturated rings. The van der Waals surface area contributed by atoms with Gasteiger partial charge in [0.25, 0.3) is 5.91 Å². The van der Waals surface area contributed by atoms with Crippen LogP contribution < -0.4 is 10.4 Å². The van der Waals surface area contributed by atoms with Crippen molar-refractivity contribution in [3.63, 3.8) is 0 Å². The van der Waals surface area contributed by atoms with Crippen LogP contribution in [-0.4, -0.2) is 48.5 Å². The van der Waals surface area contributed by atoms with Crippen molar-refractivity contribution in [2.75, 3.05) is 32.8 Å². The van der Waals surface area contributed by atoms with Crippen molar-refractivity contribution in [1.82, 2.24) is 9.80 Å². The molecular formula is C23H23ClN2O4. The molecule has 6 nitrogen and oxygen atoms in total. The van der Waals surface area contributed by atoms with Crippen LogP contribution in [0.3, 0.4) is 0 Å². The minimum Gasteiger partial charge on any atom is -0.484 e. The standard InChI is InChI=1S/C23H23ClN2O4/c1-16-11-23(28)30-21-13-19(5-6-20(16)21)29-15-22(27)26-9-7-25(8-10-26)14-17-3-2-4-18(24)12-17/h2-6,11-13H,7-10,14-15H2,1H3. The number of aryl methyl sites for hydroxylation is 1. The molecule has 0 N–H and O–H groups in total. The van der Waals surface area contributed by atoms with Crippen molar-refractivity contribution in [3.8, 4) is 5.75 Å². The Morgan fingerprint density at radius 2 is 1.90 bits per heavy atom. The van der Waals surface area contributed by atoms with Crippen LogP contribution in [0.4, 0.5) is 0 Å². The van der Waals surface area contributed by atoms with E-state index in [2.05, 4.69) is 11.0 Å². The average molecular weight is 427 g/mol. The number of rotatable bonds is 5. The average Bonchev–Trinajstić information content (AvgIpc) is 2.72. The Morgan fingerprint density at radius 1 is 1.10 bits per heavy atom. The van der Waals surface area contributed by atoms with E-state index in [9.17, 15) is 9.59 Å². The number of carbonyl (C=O) groups is 1. The van der Waals surface area contributed by atoms with Crippen molar-refractivity contribution in [1.29, 1.82) is 0 Å². The van der Waals surface area contributed by atoms with E-state index in [0.29, 0.717) is 24.4 Å². The second-order valence-corrected chi connectivity index (χ2v) is 7.92. The zero-order chi connectivity index (χ0) is 21.1. The van der Waals surface area contributed by atoms with Gasteiger partial charge < -0.3 is 14.1 Å². The van der Waals surface area contributed by atoms with Crippen molar-refractivity contribution in [2.24, 2.45) is 0 Å². The van der Waals surface area contributed by atoms with Gasteiger partial charge >= 0.3 is 5.63 Å². The Kier molecular flexibility index (Phi) is 6.06. The van der Waals surface area contributed by atoms with Gasteiger partial charge in [0.2, 0.25) is 0 Å². The second-order valence-electron chi connectivity index (χ2n) is 7.48. The van der Waals surface area contributed by atoms with Crippen LogP contribution in [0.1, 0.15) is 11.1 Å². The van der Waals surface area contributed by atoms with Gasteiger partial charge in [-0.15, -0.1) is 0 Å². The summed E-state index contributed by atoms with van der Waals surface area (Å²) in [5.74, 6) is 0.451. The van der Waals surface area contributed by atoms with E-state index in [0.717, 1.165) is 35.6 Å². The maximum Gasteiger partial charge on any atom is 0.336 e. The highest BCUT2D eigenvalue weighted by molar-refractivity contribution is 6.30. The van der Waals surface area contributed by atoms with E-state index in [1.807, 2.05) is 36.1 Å². The smallest absolute Gasteiger partial charge is 0.336 e. The van der Waals surface area contributed by atoms with Crippen molar-refractivity contribution in [3.05, 3.63) is 75.1 Å². The first-order valence-electron chi connectivity index (χ1n) is 9.90. The fourth-order valence-electron chi connectivity index (χ4n) is 3.68. The summed E-state index contributed by atoms with van der Waals surface area (Å²) in [6, 6.07) is 14.6. The summed E-state index contributed by atoms with van der Waals surface area (Å²) in [5, 5.41) is 1.59. The van der Waals surface area contributed by atoms with Crippen LogP contribution in [0.25, 0.3) is 11.0 Å². The number of hydrogen-bond acceptors (Lipinski definition) is 5. The molecule has 0 atom stereocenters. The molecule has 1 saturated heterocycles. The molecule has 1 aliphatic heterocycles. The zero-order valence-electron chi connectivity index (χ0n) is 16.8. The van der Waals surface area contributed by atoms with E-state index in [-0.39, 0.29) is 12.5 Å². The van der Waals surface area contributed by atoms with E-state index in [1.165, 1.54) is 11.6 Å². The number of hydrogen-bond donors (Lipinski definition) is 0. The van der Waals surface area contributed by atoms with Gasteiger partial charge in [-0.05, 0) is 42.3 Å². The van der Waals surface area contributed by atoms with Crippen LogP contribution in [0.15, 0.2) is 57.7 Å². The highest BCUT2D eigenvalue weighted by Crippen LogP contribution is 2.22. The van der Waals surface area contributed by atoms with E-state index < -0.39 is 5.63 Å². The predicted molar refractivity (Wildman–Crippen MR) is 116 cm³/mol. The van der Waals surface area contributed by atoms with Gasteiger partial charge in [-0.1, -0.05) is 23.7 Å². The molecule has 7 heteroatoms. The molecule has 4 rings (SSSR count). The van der Waals surface area contributed by atoms with Gasteiger partial charge in [-0.25, -0.2) is 4.79 Å². The third-order valence-electron chi connectivity index (χ3n) is 5.31. The summed E-state index contributed by atoms with van der Waals surface area (Å²) < 4.78 is 10.9. The number of nitrogens with zero attached hydrogens (tertiary/aromatic N) is 2. The second kappa shape index (κ2) is 8.90. The number of halogens is 1. The first kappa shape index (κ1) is 20.4. The minimum absolute atomic E-state index is 0.0458. The van der Waals surface area contributed by atoms with Crippen LogP contribution in [-0.2, 0) is 11.3 Å². The van der Waals surface area contributed by atoms with E-state index in [1.54, 1.807) is 12.1 Å². The van der Waals surface area contributed by atoms with Crippen LogP contribution >= 0.6 is 11.6 Å². The van der Waals surface area contributed by atoms with Gasteiger partial charge in [0.05, 0.1) is 0 Å². The lowest BCUT2D eigenvalue weighted by molar-refractivity contribution is -0.135. The number of ether oxygens (including phenoxy) is 1. The quantitative estimate of drug-likeness (QED) is 0.584. The topological polar surface area (TPSA) is 63.0 Å². The summed E-state index contributed by atoms with van der Waals surface area (Å²) in [4.78, 5) is 28.2. The molecule has 0 bridgehead atoms. The molecule has 0 unspecified atom stereocenters. The normalized spacial score (nSPS) is 14.8. The first-order chi connectivity index (χ1) is 14.5. The first-order valence-corrected chi connectivity index (χ1v) is 10.3. The van der Waals surface area contributed by atoms with E-state index in [4.69, 9.17) is 20.8 Å². The fraction of sp³-hybridized carbons (Fsp3) is 0.304. The lowest BCUT2D eigenvalue weighted by Gasteiger charge is -2.34. The number of carbonyl (C=O) groups excluding carboxylic acids is 1. The third kappa shape index (κ3) is 4.83. The molecule has 0 radical (unpaired) electrons. The molecular weight excluding hydrogens is 404 g/mol. The third-order valence-corrected chi connectivity index (χ3v) is 5.54. The Bertz CT molecular complexity index is 1120. The molecule has 0 saturated carbocycles. The number of piperazine rings is 1. The maximum atomic E-state index is 12.5.